The van der Waals surface area contributed by atoms with Crippen molar-refractivity contribution >= 4 is 46.6 Å². The fraction of sp³-hybridized carbons (Fsp3) is 0.353. The number of carbonyl (C=O) groups is 1. The number of carbonyl (C=O) groups excluding carboxylic acids is 1. The van der Waals surface area contributed by atoms with E-state index in [4.69, 9.17) is 27.9 Å². The maximum Gasteiger partial charge on any atom is 0.343 e. The summed E-state index contributed by atoms with van der Waals surface area (Å²) in [6.07, 6.45) is 2.02. The Balaban J connectivity index is 2.34. The molecule has 3 N–H and O–H groups in total. The maximum atomic E-state index is 12.1. The molecule has 0 saturated heterocycles. The highest BCUT2D eigenvalue weighted by Crippen LogP contribution is 2.25. The summed E-state index contributed by atoms with van der Waals surface area (Å²) in [5.41, 5.74) is 0.792. The van der Waals surface area contributed by atoms with Gasteiger partial charge in [0.05, 0.1) is 19.3 Å². The second-order valence-electron chi connectivity index (χ2n) is 5.39. The quantitative estimate of drug-likeness (QED) is 0.580. The Kier molecular flexibility index (Phi) is 7.44. The van der Waals surface area contributed by atoms with Crippen molar-refractivity contribution in [3.63, 3.8) is 0 Å². The summed E-state index contributed by atoms with van der Waals surface area (Å²) in [7, 11) is 0. The van der Waals surface area contributed by atoms with Gasteiger partial charge < -0.3 is 20.5 Å². The summed E-state index contributed by atoms with van der Waals surface area (Å²) in [5, 5.41) is 16.4. The molecular weight excluding hydrogens is 379 g/mol. The number of nitrogens with one attached hydrogen (secondary N) is 2. The predicted molar refractivity (Wildman–Crippen MR) is 103 cm³/mol. The van der Waals surface area contributed by atoms with E-state index in [0.29, 0.717) is 22.2 Å². The number of benzene rings is 1. The van der Waals surface area contributed by atoms with Crippen LogP contribution >= 0.6 is 23.2 Å². The number of hydrogen-bond donors (Lipinski definition) is 3. The van der Waals surface area contributed by atoms with E-state index in [9.17, 15) is 9.90 Å². The van der Waals surface area contributed by atoms with Crippen molar-refractivity contribution in [3.05, 3.63) is 40.0 Å². The SMILES string of the molecule is CCOC(=O)c1cnc(Nc2cc(Cl)cc(Cl)c2)nc1N[C@@H](CC)CO. The molecule has 1 aromatic heterocycles. The van der Waals surface area contributed by atoms with Crippen LogP contribution < -0.4 is 10.6 Å². The van der Waals surface area contributed by atoms with E-state index in [0.717, 1.165) is 0 Å². The summed E-state index contributed by atoms with van der Waals surface area (Å²) >= 11 is 12.0. The molecule has 0 fully saturated rings. The lowest BCUT2D eigenvalue weighted by molar-refractivity contribution is 0.0526. The van der Waals surface area contributed by atoms with Gasteiger partial charge in [-0.05, 0) is 31.5 Å². The second-order valence-corrected chi connectivity index (χ2v) is 6.26. The van der Waals surface area contributed by atoms with Gasteiger partial charge in [0.25, 0.3) is 0 Å². The molecule has 2 rings (SSSR count). The van der Waals surface area contributed by atoms with Gasteiger partial charge in [-0.25, -0.2) is 9.78 Å². The molecule has 0 aliphatic heterocycles. The molecule has 1 atom stereocenters. The minimum atomic E-state index is -0.542. The van der Waals surface area contributed by atoms with Crippen molar-refractivity contribution in [2.24, 2.45) is 0 Å². The minimum Gasteiger partial charge on any atom is -0.462 e. The van der Waals surface area contributed by atoms with Gasteiger partial charge in [0.15, 0.2) is 0 Å². The average molecular weight is 399 g/mol. The molecule has 2 aromatic rings. The van der Waals surface area contributed by atoms with Crippen LogP contribution in [0.2, 0.25) is 10.0 Å². The van der Waals surface area contributed by atoms with Crippen LogP contribution in [0.25, 0.3) is 0 Å². The van der Waals surface area contributed by atoms with Gasteiger partial charge in [0.2, 0.25) is 5.95 Å². The smallest absolute Gasteiger partial charge is 0.343 e. The largest absolute Gasteiger partial charge is 0.462 e. The third-order valence-electron chi connectivity index (χ3n) is 3.46. The molecule has 0 aliphatic carbocycles. The Hall–Kier alpha value is -2.09. The summed E-state index contributed by atoms with van der Waals surface area (Å²) in [6, 6.07) is 4.70. The van der Waals surface area contributed by atoms with Crippen molar-refractivity contribution < 1.29 is 14.6 Å². The molecule has 1 heterocycles. The number of esters is 1. The van der Waals surface area contributed by atoms with Crippen LogP contribution in [0.15, 0.2) is 24.4 Å². The maximum absolute atomic E-state index is 12.1. The van der Waals surface area contributed by atoms with Gasteiger partial charge in [-0.2, -0.15) is 4.98 Å². The Morgan fingerprint density at radius 1 is 1.27 bits per heavy atom. The van der Waals surface area contributed by atoms with E-state index in [1.807, 2.05) is 6.92 Å². The predicted octanol–water partition coefficient (Wildman–Crippen LogP) is 3.89. The summed E-state index contributed by atoms with van der Waals surface area (Å²) in [4.78, 5) is 20.6. The molecule has 1 aromatic carbocycles. The third-order valence-corrected chi connectivity index (χ3v) is 3.89. The van der Waals surface area contributed by atoms with Crippen LogP contribution in [-0.2, 0) is 4.74 Å². The zero-order valence-corrected chi connectivity index (χ0v) is 15.9. The van der Waals surface area contributed by atoms with Crippen molar-refractivity contribution in [2.75, 3.05) is 23.8 Å². The lowest BCUT2D eigenvalue weighted by atomic mass is 10.2. The zero-order chi connectivity index (χ0) is 19.1. The van der Waals surface area contributed by atoms with Crippen LogP contribution in [0.4, 0.5) is 17.5 Å². The van der Waals surface area contributed by atoms with Crippen molar-refractivity contribution in [1.29, 1.82) is 0 Å². The molecule has 7 nitrogen and oxygen atoms in total. The number of anilines is 3. The van der Waals surface area contributed by atoms with E-state index in [2.05, 4.69) is 20.6 Å². The normalized spacial score (nSPS) is 11.7. The van der Waals surface area contributed by atoms with Crippen molar-refractivity contribution in [3.8, 4) is 0 Å². The van der Waals surface area contributed by atoms with Crippen molar-refractivity contribution in [1.82, 2.24) is 9.97 Å². The van der Waals surface area contributed by atoms with E-state index < -0.39 is 5.97 Å². The number of nitrogens with zero attached hydrogens (tertiary/aromatic N) is 2. The topological polar surface area (TPSA) is 96.4 Å². The molecule has 9 heteroatoms. The minimum absolute atomic E-state index is 0.102. The van der Waals surface area contributed by atoms with Gasteiger partial charge >= 0.3 is 5.97 Å². The fourth-order valence-electron chi connectivity index (χ4n) is 2.14. The molecule has 0 saturated carbocycles. The number of hydrogen-bond acceptors (Lipinski definition) is 7. The molecule has 0 bridgehead atoms. The number of ether oxygens (including phenoxy) is 1. The monoisotopic (exact) mass is 398 g/mol. The summed E-state index contributed by atoms with van der Waals surface area (Å²) in [6.45, 7) is 3.76. The fourth-order valence-corrected chi connectivity index (χ4v) is 2.66. The first kappa shape index (κ1) is 20.2. The van der Waals surface area contributed by atoms with E-state index in [-0.39, 0.29) is 36.6 Å². The molecule has 140 valence electrons. The Morgan fingerprint density at radius 3 is 2.54 bits per heavy atom. The first-order valence-electron chi connectivity index (χ1n) is 8.11. The molecule has 0 amide bonds. The Morgan fingerprint density at radius 2 is 1.96 bits per heavy atom. The number of rotatable bonds is 8. The molecular formula is C17H20Cl2N4O3. The van der Waals surface area contributed by atoms with E-state index in [1.165, 1.54) is 6.20 Å². The van der Waals surface area contributed by atoms with Crippen LogP contribution in [0.5, 0.6) is 0 Å². The number of aliphatic hydroxyl groups is 1. The van der Waals surface area contributed by atoms with E-state index >= 15 is 0 Å². The average Bonchev–Trinajstić information content (AvgIpc) is 2.59. The number of aromatic nitrogens is 2. The highest BCUT2D eigenvalue weighted by molar-refractivity contribution is 6.35. The van der Waals surface area contributed by atoms with E-state index in [1.54, 1.807) is 25.1 Å². The highest BCUT2D eigenvalue weighted by Gasteiger charge is 2.18. The van der Waals surface area contributed by atoms with Crippen LogP contribution in [0, 0.1) is 0 Å². The van der Waals surface area contributed by atoms with Crippen molar-refractivity contribution in [2.45, 2.75) is 26.3 Å². The second kappa shape index (κ2) is 9.56. The highest BCUT2D eigenvalue weighted by atomic mass is 35.5. The lowest BCUT2D eigenvalue weighted by Crippen LogP contribution is -2.25. The first-order valence-corrected chi connectivity index (χ1v) is 8.87. The molecule has 0 spiro atoms. The Bertz CT molecular complexity index is 749. The van der Waals surface area contributed by atoms with Gasteiger partial charge in [-0.1, -0.05) is 30.1 Å². The zero-order valence-electron chi connectivity index (χ0n) is 14.4. The van der Waals surface area contributed by atoms with Crippen LogP contribution in [0.1, 0.15) is 30.6 Å². The summed E-state index contributed by atoms with van der Waals surface area (Å²) in [5.74, 6) is -0.0261. The molecule has 26 heavy (non-hydrogen) atoms. The third kappa shape index (κ3) is 5.45. The van der Waals surface area contributed by atoms with Crippen LogP contribution in [0.3, 0.4) is 0 Å². The number of halogens is 2. The summed E-state index contributed by atoms with van der Waals surface area (Å²) < 4.78 is 5.03. The molecule has 0 aliphatic rings. The number of aliphatic hydroxyl groups excluding tert-OH is 1. The van der Waals surface area contributed by atoms with Gasteiger partial charge in [0.1, 0.15) is 11.4 Å². The van der Waals surface area contributed by atoms with Gasteiger partial charge in [0, 0.05) is 21.9 Å². The standard InChI is InChI=1S/C17H20Cl2N4O3/c1-3-12(9-24)21-15-14(16(25)26-4-2)8-20-17(23-15)22-13-6-10(18)5-11(19)7-13/h5-8,12,24H,3-4,9H2,1-2H3,(H2,20,21,22,23)/t12-/m0/s1. The van der Waals surface area contributed by atoms with Gasteiger partial charge in [-0.15, -0.1) is 0 Å². The molecule has 0 unspecified atom stereocenters. The van der Waals surface area contributed by atoms with Crippen LogP contribution in [-0.4, -0.2) is 40.3 Å². The lowest BCUT2D eigenvalue weighted by Gasteiger charge is -2.17. The molecule has 0 radical (unpaired) electrons. The first-order chi connectivity index (χ1) is 12.5. The Labute approximate surface area is 161 Å². The van der Waals surface area contributed by atoms with Gasteiger partial charge in [-0.3, -0.25) is 0 Å².